The summed E-state index contributed by atoms with van der Waals surface area (Å²) in [6.07, 6.45) is 0.425. The van der Waals surface area contributed by atoms with Crippen molar-refractivity contribution in [3.63, 3.8) is 0 Å². The molecule has 0 bridgehead atoms. The van der Waals surface area contributed by atoms with E-state index in [9.17, 15) is 5.11 Å². The van der Waals surface area contributed by atoms with E-state index in [4.69, 9.17) is 0 Å². The normalized spacial score (nSPS) is 16.4. The van der Waals surface area contributed by atoms with Crippen LogP contribution in [0.1, 0.15) is 39.2 Å². The summed E-state index contributed by atoms with van der Waals surface area (Å²) in [4.78, 5) is 5.25. The van der Waals surface area contributed by atoms with E-state index >= 15 is 0 Å². The van der Waals surface area contributed by atoms with Gasteiger partial charge in [-0.3, -0.25) is 9.58 Å². The summed E-state index contributed by atoms with van der Waals surface area (Å²) >= 11 is 1.87. The lowest BCUT2D eigenvalue weighted by Crippen LogP contribution is -2.22. The molecule has 0 saturated carbocycles. The number of aryl methyl sites for hydroxylation is 2. The lowest BCUT2D eigenvalue weighted by molar-refractivity contribution is 0.213. The van der Waals surface area contributed by atoms with E-state index in [0.717, 1.165) is 43.9 Å². The molecule has 0 fully saturated rings. The van der Waals surface area contributed by atoms with Gasteiger partial charge in [-0.15, -0.1) is 11.3 Å². The highest BCUT2D eigenvalue weighted by molar-refractivity contribution is 7.11. The third kappa shape index (κ3) is 3.68. The summed E-state index contributed by atoms with van der Waals surface area (Å²) in [5.41, 5.74) is 2.83. The molecule has 0 spiro atoms. The number of aliphatic hydroxyl groups excluding tert-OH is 1. The Labute approximate surface area is 152 Å². The molecule has 2 aromatic heterocycles. The molecule has 3 heterocycles. The maximum Gasteiger partial charge on any atom is 0.123 e. The molecule has 3 aromatic rings. The SMILES string of the molecule is Cc1ccc(CN2CCCn3nc([C@H](O)c4ccccc4)cc3C2)s1. The second-order valence-electron chi connectivity index (χ2n) is 6.67. The van der Waals surface area contributed by atoms with Gasteiger partial charge in [-0.25, -0.2) is 0 Å². The molecule has 1 aromatic carbocycles. The van der Waals surface area contributed by atoms with E-state index in [1.54, 1.807) is 0 Å². The summed E-state index contributed by atoms with van der Waals surface area (Å²) in [5.74, 6) is 0. The Kier molecular flexibility index (Phi) is 4.70. The summed E-state index contributed by atoms with van der Waals surface area (Å²) in [7, 11) is 0. The van der Waals surface area contributed by atoms with Crippen LogP contribution in [0, 0.1) is 6.92 Å². The molecule has 4 rings (SSSR count). The van der Waals surface area contributed by atoms with Crippen LogP contribution in [0.5, 0.6) is 0 Å². The highest BCUT2D eigenvalue weighted by Crippen LogP contribution is 2.25. The van der Waals surface area contributed by atoms with E-state index in [-0.39, 0.29) is 0 Å². The molecule has 0 aliphatic carbocycles. The van der Waals surface area contributed by atoms with Gasteiger partial charge in [0, 0.05) is 35.9 Å². The minimum absolute atomic E-state index is 0.658. The molecule has 1 aliphatic rings. The van der Waals surface area contributed by atoms with Gasteiger partial charge in [-0.1, -0.05) is 30.3 Å². The summed E-state index contributed by atoms with van der Waals surface area (Å²) < 4.78 is 2.07. The van der Waals surface area contributed by atoms with Crippen molar-refractivity contribution in [3.8, 4) is 0 Å². The minimum Gasteiger partial charge on any atom is -0.382 e. The van der Waals surface area contributed by atoms with Crippen LogP contribution in [0.15, 0.2) is 48.5 Å². The van der Waals surface area contributed by atoms with Crippen molar-refractivity contribution in [2.75, 3.05) is 6.54 Å². The maximum atomic E-state index is 10.6. The largest absolute Gasteiger partial charge is 0.382 e. The van der Waals surface area contributed by atoms with E-state index < -0.39 is 6.10 Å². The number of aromatic nitrogens is 2. The number of benzene rings is 1. The van der Waals surface area contributed by atoms with Gasteiger partial charge in [0.05, 0.1) is 11.4 Å². The average Bonchev–Trinajstić information content (AvgIpc) is 3.16. The summed E-state index contributed by atoms with van der Waals surface area (Å²) in [5, 5.41) is 15.3. The zero-order valence-electron chi connectivity index (χ0n) is 14.4. The molecule has 0 unspecified atom stereocenters. The maximum absolute atomic E-state index is 10.6. The Hall–Kier alpha value is -1.95. The van der Waals surface area contributed by atoms with Gasteiger partial charge in [0.15, 0.2) is 0 Å². The quantitative estimate of drug-likeness (QED) is 0.777. The van der Waals surface area contributed by atoms with Crippen molar-refractivity contribution >= 4 is 11.3 Å². The van der Waals surface area contributed by atoms with E-state index in [1.807, 2.05) is 41.7 Å². The van der Waals surface area contributed by atoms with Crippen LogP contribution in [0.2, 0.25) is 0 Å². The summed E-state index contributed by atoms with van der Waals surface area (Å²) in [6.45, 7) is 6.02. The number of hydrogen-bond donors (Lipinski definition) is 1. The van der Waals surface area contributed by atoms with Crippen LogP contribution in [-0.4, -0.2) is 26.3 Å². The molecule has 0 saturated heterocycles. The topological polar surface area (TPSA) is 41.3 Å². The van der Waals surface area contributed by atoms with Crippen LogP contribution < -0.4 is 0 Å². The van der Waals surface area contributed by atoms with E-state index in [1.165, 1.54) is 15.4 Å². The molecule has 4 nitrogen and oxygen atoms in total. The zero-order valence-corrected chi connectivity index (χ0v) is 15.2. The molecule has 25 heavy (non-hydrogen) atoms. The first-order valence-electron chi connectivity index (χ1n) is 8.76. The molecule has 0 amide bonds. The van der Waals surface area contributed by atoms with Crippen LogP contribution in [0.25, 0.3) is 0 Å². The van der Waals surface area contributed by atoms with Gasteiger partial charge in [-0.2, -0.15) is 5.10 Å². The Morgan fingerprint density at radius 3 is 2.76 bits per heavy atom. The molecule has 1 atom stereocenters. The first-order valence-corrected chi connectivity index (χ1v) is 9.58. The predicted molar refractivity (Wildman–Crippen MR) is 101 cm³/mol. The summed E-state index contributed by atoms with van der Waals surface area (Å²) in [6, 6.07) is 16.2. The third-order valence-corrected chi connectivity index (χ3v) is 5.67. The van der Waals surface area contributed by atoms with Crippen molar-refractivity contribution in [1.29, 1.82) is 0 Å². The number of fused-ring (bicyclic) bond motifs is 1. The van der Waals surface area contributed by atoms with Gasteiger partial charge < -0.3 is 5.11 Å². The smallest absolute Gasteiger partial charge is 0.123 e. The van der Waals surface area contributed by atoms with Crippen LogP contribution in [0.3, 0.4) is 0 Å². The zero-order chi connectivity index (χ0) is 17.2. The highest BCUT2D eigenvalue weighted by atomic mass is 32.1. The van der Waals surface area contributed by atoms with Gasteiger partial charge in [0.25, 0.3) is 0 Å². The molecule has 0 radical (unpaired) electrons. The van der Waals surface area contributed by atoms with E-state index in [2.05, 4.69) is 39.8 Å². The standard InChI is InChI=1S/C20H23N3OS/c1-15-8-9-18(25-15)14-22-10-5-11-23-17(13-22)12-19(21-23)20(24)16-6-3-2-4-7-16/h2-4,6-9,12,20,24H,5,10-11,13-14H2,1H3/t20-/m1/s1. The number of thiophene rings is 1. The van der Waals surface area contributed by atoms with Gasteiger partial charge in [0.2, 0.25) is 0 Å². The van der Waals surface area contributed by atoms with Crippen molar-refractivity contribution in [1.82, 2.24) is 14.7 Å². The molecule has 1 aliphatic heterocycles. The number of nitrogens with zero attached hydrogens (tertiary/aromatic N) is 3. The van der Waals surface area contributed by atoms with Crippen molar-refractivity contribution in [2.45, 2.75) is 39.1 Å². The molecule has 5 heteroatoms. The fourth-order valence-corrected chi connectivity index (χ4v) is 4.35. The number of hydrogen-bond acceptors (Lipinski definition) is 4. The molecular weight excluding hydrogens is 330 g/mol. The van der Waals surface area contributed by atoms with Crippen molar-refractivity contribution in [3.05, 3.63) is 75.2 Å². The van der Waals surface area contributed by atoms with Crippen molar-refractivity contribution < 1.29 is 5.11 Å². The first kappa shape index (κ1) is 16.5. The number of aliphatic hydroxyl groups is 1. The number of rotatable bonds is 4. The van der Waals surface area contributed by atoms with E-state index in [0.29, 0.717) is 0 Å². The Balaban J connectivity index is 1.52. The minimum atomic E-state index is -0.658. The Bertz CT molecular complexity index is 840. The van der Waals surface area contributed by atoms with Crippen LogP contribution in [0.4, 0.5) is 0 Å². The van der Waals surface area contributed by atoms with Gasteiger partial charge in [-0.05, 0) is 37.1 Å². The second-order valence-corrected chi connectivity index (χ2v) is 8.05. The lowest BCUT2D eigenvalue weighted by atomic mass is 10.1. The third-order valence-electron chi connectivity index (χ3n) is 4.68. The molecular formula is C20H23N3OS. The fourth-order valence-electron chi connectivity index (χ4n) is 3.42. The van der Waals surface area contributed by atoms with Gasteiger partial charge in [0.1, 0.15) is 6.10 Å². The van der Waals surface area contributed by atoms with Crippen LogP contribution >= 0.6 is 11.3 Å². The van der Waals surface area contributed by atoms with Gasteiger partial charge >= 0.3 is 0 Å². The second kappa shape index (κ2) is 7.12. The highest BCUT2D eigenvalue weighted by Gasteiger charge is 2.21. The Morgan fingerprint density at radius 1 is 1.16 bits per heavy atom. The monoisotopic (exact) mass is 353 g/mol. The fraction of sp³-hybridized carbons (Fsp3) is 0.350. The molecule has 130 valence electrons. The first-order chi connectivity index (χ1) is 12.2. The molecule has 1 N–H and O–H groups in total. The lowest BCUT2D eigenvalue weighted by Gasteiger charge is -2.18. The van der Waals surface area contributed by atoms with Crippen LogP contribution in [-0.2, 0) is 19.6 Å². The average molecular weight is 353 g/mol. The predicted octanol–water partition coefficient (Wildman–Crippen LogP) is 3.74. The van der Waals surface area contributed by atoms with Crippen molar-refractivity contribution in [2.24, 2.45) is 0 Å². The Morgan fingerprint density at radius 2 is 2.00 bits per heavy atom.